The maximum absolute atomic E-state index is 12.9. The Kier molecular flexibility index (Phi) is 5.46. The molecule has 10 heteroatoms. The van der Waals surface area contributed by atoms with Crippen LogP contribution in [0.25, 0.3) is 0 Å². The minimum atomic E-state index is -1.39. The Morgan fingerprint density at radius 3 is 2.79 bits per heavy atom. The largest absolute Gasteiger partial charge is 0.325 e. The molecule has 29 heavy (non-hydrogen) atoms. The van der Waals surface area contributed by atoms with Crippen LogP contribution in [0.15, 0.2) is 30.5 Å². The SMILES string of the molecule is Cc1c(Cl)cnc(NC(=O)CN2C(=O)NC(C)(c3cccc(C#N)c3)C2=O)c1Cl. The van der Waals surface area contributed by atoms with Gasteiger partial charge >= 0.3 is 6.03 Å². The van der Waals surface area contributed by atoms with E-state index in [0.717, 1.165) is 4.90 Å². The lowest BCUT2D eigenvalue weighted by atomic mass is 9.91. The van der Waals surface area contributed by atoms with Crippen molar-refractivity contribution in [3.05, 3.63) is 57.2 Å². The number of hydrogen-bond donors (Lipinski definition) is 2. The van der Waals surface area contributed by atoms with Gasteiger partial charge < -0.3 is 10.6 Å². The van der Waals surface area contributed by atoms with E-state index in [0.29, 0.717) is 21.7 Å². The van der Waals surface area contributed by atoms with Gasteiger partial charge in [0.1, 0.15) is 12.1 Å². The number of urea groups is 1. The number of amides is 4. The Morgan fingerprint density at radius 1 is 1.38 bits per heavy atom. The molecule has 0 bridgehead atoms. The molecule has 8 nitrogen and oxygen atoms in total. The summed E-state index contributed by atoms with van der Waals surface area (Å²) in [6.07, 6.45) is 1.34. The van der Waals surface area contributed by atoms with Crippen LogP contribution in [0, 0.1) is 18.3 Å². The molecule has 1 aromatic heterocycles. The molecule has 0 aliphatic carbocycles. The van der Waals surface area contributed by atoms with Crippen LogP contribution in [0.4, 0.5) is 10.6 Å². The molecule has 4 amide bonds. The second kappa shape index (κ2) is 7.70. The second-order valence-electron chi connectivity index (χ2n) is 6.58. The number of aromatic nitrogens is 1. The first kappa shape index (κ1) is 20.6. The van der Waals surface area contributed by atoms with Crippen LogP contribution in [-0.2, 0) is 15.1 Å². The van der Waals surface area contributed by atoms with Gasteiger partial charge in [-0.3, -0.25) is 14.5 Å². The number of rotatable bonds is 4. The van der Waals surface area contributed by atoms with E-state index in [4.69, 9.17) is 28.5 Å². The Morgan fingerprint density at radius 2 is 2.10 bits per heavy atom. The third-order valence-corrected chi connectivity index (χ3v) is 5.45. The van der Waals surface area contributed by atoms with Crippen LogP contribution in [0.3, 0.4) is 0 Å². The lowest BCUT2D eigenvalue weighted by Crippen LogP contribution is -2.42. The summed E-state index contributed by atoms with van der Waals surface area (Å²) in [6, 6.07) is 7.61. The first-order valence-electron chi connectivity index (χ1n) is 8.42. The van der Waals surface area contributed by atoms with Crippen molar-refractivity contribution in [3.8, 4) is 6.07 Å². The minimum absolute atomic E-state index is 0.0788. The van der Waals surface area contributed by atoms with Crippen molar-refractivity contribution in [1.29, 1.82) is 5.26 Å². The number of hydrogen-bond acceptors (Lipinski definition) is 5. The van der Waals surface area contributed by atoms with Gasteiger partial charge in [0, 0.05) is 6.20 Å². The Bertz CT molecular complexity index is 1080. The first-order chi connectivity index (χ1) is 13.7. The van der Waals surface area contributed by atoms with Crippen molar-refractivity contribution in [2.24, 2.45) is 0 Å². The normalized spacial score (nSPS) is 18.4. The zero-order valence-corrected chi connectivity index (χ0v) is 16.9. The average molecular weight is 432 g/mol. The molecule has 1 atom stereocenters. The number of imide groups is 1. The first-order valence-corrected chi connectivity index (χ1v) is 9.18. The quantitative estimate of drug-likeness (QED) is 0.721. The van der Waals surface area contributed by atoms with Gasteiger partial charge in [-0.1, -0.05) is 35.3 Å². The molecular formula is C19H15Cl2N5O3. The van der Waals surface area contributed by atoms with E-state index in [1.165, 1.54) is 19.2 Å². The monoisotopic (exact) mass is 431 g/mol. The second-order valence-corrected chi connectivity index (χ2v) is 7.37. The predicted molar refractivity (Wildman–Crippen MR) is 106 cm³/mol. The molecule has 2 heterocycles. The molecule has 2 aromatic rings. The molecule has 1 unspecified atom stereocenters. The topological polar surface area (TPSA) is 115 Å². The number of carbonyl (C=O) groups is 3. The summed E-state index contributed by atoms with van der Waals surface area (Å²) in [4.78, 5) is 42.4. The molecule has 3 rings (SSSR count). The molecule has 148 valence electrons. The van der Waals surface area contributed by atoms with E-state index < -0.39 is 29.9 Å². The highest BCUT2D eigenvalue weighted by Crippen LogP contribution is 2.30. The molecule has 0 radical (unpaired) electrons. The lowest BCUT2D eigenvalue weighted by molar-refractivity contribution is -0.133. The number of anilines is 1. The summed E-state index contributed by atoms with van der Waals surface area (Å²) < 4.78 is 0. The average Bonchev–Trinajstić information content (AvgIpc) is 2.92. The molecule has 0 spiro atoms. The Labute approximate surface area is 176 Å². The number of nitriles is 1. The van der Waals surface area contributed by atoms with Crippen molar-refractivity contribution >= 4 is 46.9 Å². The molecule has 0 saturated carbocycles. The fraction of sp³-hybridized carbons (Fsp3) is 0.211. The van der Waals surface area contributed by atoms with E-state index >= 15 is 0 Å². The highest BCUT2D eigenvalue weighted by molar-refractivity contribution is 6.37. The van der Waals surface area contributed by atoms with Crippen LogP contribution >= 0.6 is 23.2 Å². The van der Waals surface area contributed by atoms with Crippen molar-refractivity contribution in [3.63, 3.8) is 0 Å². The summed E-state index contributed by atoms with van der Waals surface area (Å²) in [7, 11) is 0. The van der Waals surface area contributed by atoms with Gasteiger partial charge in [-0.05, 0) is 37.1 Å². The van der Waals surface area contributed by atoms with Crippen molar-refractivity contribution < 1.29 is 14.4 Å². The number of pyridine rings is 1. The summed E-state index contributed by atoms with van der Waals surface area (Å²) in [5, 5.41) is 14.6. The van der Waals surface area contributed by atoms with Gasteiger partial charge in [-0.2, -0.15) is 5.26 Å². The van der Waals surface area contributed by atoms with E-state index in [2.05, 4.69) is 15.6 Å². The third kappa shape index (κ3) is 3.75. The van der Waals surface area contributed by atoms with Crippen molar-refractivity contribution in [2.75, 3.05) is 11.9 Å². The van der Waals surface area contributed by atoms with Gasteiger partial charge in [0.2, 0.25) is 5.91 Å². The fourth-order valence-electron chi connectivity index (χ4n) is 2.90. The maximum atomic E-state index is 12.9. The van der Waals surface area contributed by atoms with E-state index in [9.17, 15) is 14.4 Å². The molecule has 1 aliphatic heterocycles. The molecule has 2 N–H and O–H groups in total. The highest BCUT2D eigenvalue weighted by Gasteiger charge is 2.49. The Hall–Kier alpha value is -3.15. The van der Waals surface area contributed by atoms with Gasteiger partial charge in [0.05, 0.1) is 21.7 Å². The predicted octanol–water partition coefficient (Wildman–Crippen LogP) is 2.97. The van der Waals surface area contributed by atoms with Crippen LogP contribution in [0.1, 0.15) is 23.6 Å². The minimum Gasteiger partial charge on any atom is -0.319 e. The maximum Gasteiger partial charge on any atom is 0.325 e. The summed E-state index contributed by atoms with van der Waals surface area (Å²) in [5.41, 5.74) is -0.0630. The summed E-state index contributed by atoms with van der Waals surface area (Å²) in [6.45, 7) is 2.65. The highest BCUT2D eigenvalue weighted by atomic mass is 35.5. The van der Waals surface area contributed by atoms with Crippen molar-refractivity contribution in [2.45, 2.75) is 19.4 Å². The molecule has 1 saturated heterocycles. The molecular weight excluding hydrogens is 417 g/mol. The molecule has 1 fully saturated rings. The summed E-state index contributed by atoms with van der Waals surface area (Å²) in [5.74, 6) is -1.19. The number of nitrogens with one attached hydrogen (secondary N) is 2. The number of benzene rings is 1. The Balaban J connectivity index is 1.79. The lowest BCUT2D eigenvalue weighted by Gasteiger charge is -2.22. The third-order valence-electron chi connectivity index (χ3n) is 4.61. The van der Waals surface area contributed by atoms with Gasteiger partial charge in [-0.15, -0.1) is 0 Å². The van der Waals surface area contributed by atoms with Crippen LogP contribution in [0.2, 0.25) is 10.0 Å². The molecule has 1 aliphatic rings. The van der Waals surface area contributed by atoms with Crippen LogP contribution in [-0.4, -0.2) is 34.3 Å². The van der Waals surface area contributed by atoms with E-state index in [-0.39, 0.29) is 10.8 Å². The zero-order valence-electron chi connectivity index (χ0n) is 15.4. The number of carbonyl (C=O) groups excluding carboxylic acids is 3. The van der Waals surface area contributed by atoms with Crippen LogP contribution < -0.4 is 10.6 Å². The smallest absolute Gasteiger partial charge is 0.319 e. The van der Waals surface area contributed by atoms with E-state index in [1.54, 1.807) is 25.1 Å². The number of nitrogens with zero attached hydrogens (tertiary/aromatic N) is 3. The van der Waals surface area contributed by atoms with E-state index in [1.807, 2.05) is 6.07 Å². The van der Waals surface area contributed by atoms with Gasteiger partial charge in [0.15, 0.2) is 5.82 Å². The standard InChI is InChI=1S/C19H15Cl2N5O3/c1-10-13(20)8-23-16(15(10)21)24-14(27)9-26-17(28)19(2,25-18(26)29)12-5-3-4-11(6-12)7-22/h3-6,8H,9H2,1-2H3,(H,25,29)(H,23,24,27). The molecule has 1 aromatic carbocycles. The zero-order chi connectivity index (χ0) is 21.3. The summed E-state index contributed by atoms with van der Waals surface area (Å²) >= 11 is 12.0. The fourth-order valence-corrected chi connectivity index (χ4v) is 3.28. The van der Waals surface area contributed by atoms with Gasteiger partial charge in [0.25, 0.3) is 5.91 Å². The van der Waals surface area contributed by atoms with Crippen LogP contribution in [0.5, 0.6) is 0 Å². The number of halogens is 2. The van der Waals surface area contributed by atoms with Gasteiger partial charge in [-0.25, -0.2) is 9.78 Å². The van der Waals surface area contributed by atoms with Crippen molar-refractivity contribution in [1.82, 2.24) is 15.2 Å².